The van der Waals surface area contributed by atoms with Crippen LogP contribution in [-0.4, -0.2) is 26.8 Å². The van der Waals surface area contributed by atoms with Crippen molar-refractivity contribution in [3.63, 3.8) is 0 Å². The van der Waals surface area contributed by atoms with Crippen LogP contribution in [0.3, 0.4) is 0 Å². The Morgan fingerprint density at radius 2 is 2.26 bits per heavy atom. The van der Waals surface area contributed by atoms with Crippen molar-refractivity contribution < 1.29 is 9.47 Å². The van der Waals surface area contributed by atoms with Gasteiger partial charge in [0.05, 0.1) is 18.2 Å². The lowest BCUT2D eigenvalue weighted by molar-refractivity contribution is 0.308. The fourth-order valence-electron chi connectivity index (χ4n) is 2.63. The van der Waals surface area contributed by atoms with Crippen molar-refractivity contribution >= 4 is 15.9 Å². The van der Waals surface area contributed by atoms with Gasteiger partial charge in [-0.1, -0.05) is 0 Å². The summed E-state index contributed by atoms with van der Waals surface area (Å²) >= 11 is 3.57. The molecule has 0 amide bonds. The monoisotopic (exact) mass is 327 g/mol. The summed E-state index contributed by atoms with van der Waals surface area (Å²) in [7, 11) is 1.67. The van der Waals surface area contributed by atoms with Gasteiger partial charge in [0.15, 0.2) is 11.5 Å². The second-order valence-corrected chi connectivity index (χ2v) is 5.81. The Balaban J connectivity index is 2.15. The first-order valence-electron chi connectivity index (χ1n) is 6.94. The molecule has 0 spiro atoms. The highest BCUT2D eigenvalue weighted by molar-refractivity contribution is 9.10. The Kier molecular flexibility index (Phi) is 5.52. The van der Waals surface area contributed by atoms with Gasteiger partial charge in [0, 0.05) is 0 Å². The summed E-state index contributed by atoms with van der Waals surface area (Å²) in [5, 5.41) is 3.46. The second-order valence-electron chi connectivity index (χ2n) is 4.96. The van der Waals surface area contributed by atoms with Crippen LogP contribution in [0.5, 0.6) is 11.5 Å². The van der Waals surface area contributed by atoms with Gasteiger partial charge in [-0.05, 0) is 78.8 Å². The van der Waals surface area contributed by atoms with Crippen molar-refractivity contribution in [2.45, 2.75) is 26.2 Å². The number of ether oxygens (including phenoxy) is 2. The van der Waals surface area contributed by atoms with Crippen molar-refractivity contribution in [1.82, 2.24) is 5.32 Å². The molecule has 0 aliphatic carbocycles. The third kappa shape index (κ3) is 3.86. The zero-order valence-corrected chi connectivity index (χ0v) is 13.3. The summed E-state index contributed by atoms with van der Waals surface area (Å²) in [6.45, 7) is 4.92. The van der Waals surface area contributed by atoms with E-state index in [2.05, 4.69) is 33.4 Å². The molecule has 1 aliphatic rings. The third-order valence-corrected chi connectivity index (χ3v) is 4.09. The highest BCUT2D eigenvalue weighted by Gasteiger charge is 2.16. The molecule has 19 heavy (non-hydrogen) atoms. The van der Waals surface area contributed by atoms with Crippen molar-refractivity contribution in [2.75, 3.05) is 26.8 Å². The molecule has 3 nitrogen and oxygen atoms in total. The Labute approximate surface area is 123 Å². The van der Waals surface area contributed by atoms with E-state index in [0.29, 0.717) is 6.61 Å². The van der Waals surface area contributed by atoms with Gasteiger partial charge in [-0.2, -0.15) is 0 Å². The second kappa shape index (κ2) is 7.15. The first kappa shape index (κ1) is 14.7. The maximum atomic E-state index is 5.67. The molecule has 2 rings (SSSR count). The van der Waals surface area contributed by atoms with Gasteiger partial charge in [-0.15, -0.1) is 0 Å². The first-order valence-corrected chi connectivity index (χ1v) is 7.73. The molecule has 1 unspecified atom stereocenters. The van der Waals surface area contributed by atoms with Crippen molar-refractivity contribution in [3.8, 4) is 11.5 Å². The maximum absolute atomic E-state index is 5.67. The molecule has 1 saturated heterocycles. The molecule has 1 heterocycles. The topological polar surface area (TPSA) is 30.5 Å². The number of piperidine rings is 1. The van der Waals surface area contributed by atoms with Crippen molar-refractivity contribution in [2.24, 2.45) is 5.92 Å². The fraction of sp³-hybridized carbons (Fsp3) is 0.600. The van der Waals surface area contributed by atoms with Crippen molar-refractivity contribution in [3.05, 3.63) is 22.2 Å². The summed E-state index contributed by atoms with van der Waals surface area (Å²) in [6, 6.07) is 4.26. The lowest BCUT2D eigenvalue weighted by Crippen LogP contribution is -2.30. The summed E-state index contributed by atoms with van der Waals surface area (Å²) in [4.78, 5) is 0. The van der Waals surface area contributed by atoms with E-state index in [-0.39, 0.29) is 0 Å². The summed E-state index contributed by atoms with van der Waals surface area (Å²) in [5.74, 6) is 2.34. The highest BCUT2D eigenvalue weighted by Crippen LogP contribution is 2.37. The van der Waals surface area contributed by atoms with Crippen LogP contribution in [0.4, 0.5) is 0 Å². The van der Waals surface area contributed by atoms with E-state index in [0.717, 1.165) is 41.4 Å². The van der Waals surface area contributed by atoms with E-state index in [1.165, 1.54) is 18.4 Å². The van der Waals surface area contributed by atoms with Crippen LogP contribution in [0.25, 0.3) is 0 Å². The molecule has 0 bridgehead atoms. The zero-order chi connectivity index (χ0) is 13.7. The number of hydrogen-bond donors (Lipinski definition) is 1. The van der Waals surface area contributed by atoms with E-state index in [4.69, 9.17) is 9.47 Å². The average molecular weight is 328 g/mol. The lowest BCUT2D eigenvalue weighted by Gasteiger charge is -2.23. The molecular weight excluding hydrogens is 306 g/mol. The summed E-state index contributed by atoms with van der Waals surface area (Å²) in [6.07, 6.45) is 3.68. The SMILES string of the molecule is CCOc1cc(CC2CCCNC2)cc(Br)c1OC. The number of hydrogen-bond acceptors (Lipinski definition) is 3. The summed E-state index contributed by atoms with van der Waals surface area (Å²) < 4.78 is 12.0. The van der Waals surface area contributed by atoms with Gasteiger partial charge in [0.25, 0.3) is 0 Å². The third-order valence-electron chi connectivity index (χ3n) is 3.50. The molecule has 0 aromatic heterocycles. The van der Waals surface area contributed by atoms with E-state index in [9.17, 15) is 0 Å². The zero-order valence-electron chi connectivity index (χ0n) is 11.7. The smallest absolute Gasteiger partial charge is 0.174 e. The molecular formula is C15H22BrNO2. The number of rotatable bonds is 5. The number of methoxy groups -OCH3 is 1. The van der Waals surface area contributed by atoms with Crippen molar-refractivity contribution in [1.29, 1.82) is 0 Å². The summed E-state index contributed by atoms with van der Waals surface area (Å²) in [5.41, 5.74) is 1.31. The number of benzene rings is 1. The lowest BCUT2D eigenvalue weighted by atomic mass is 9.92. The Morgan fingerprint density at radius 1 is 1.42 bits per heavy atom. The molecule has 1 fully saturated rings. The molecule has 1 aromatic carbocycles. The Hall–Kier alpha value is -0.740. The molecule has 1 atom stereocenters. The van der Waals surface area contributed by atoms with E-state index >= 15 is 0 Å². The molecule has 0 radical (unpaired) electrons. The Morgan fingerprint density at radius 3 is 2.89 bits per heavy atom. The van der Waals surface area contributed by atoms with Crippen LogP contribution in [0.15, 0.2) is 16.6 Å². The standard InChI is InChI=1S/C15H22BrNO2/c1-3-19-14-9-12(8-13(16)15(14)18-2)7-11-5-4-6-17-10-11/h8-9,11,17H,3-7,10H2,1-2H3. The minimum Gasteiger partial charge on any atom is -0.492 e. The first-order chi connectivity index (χ1) is 9.24. The van der Waals surface area contributed by atoms with Crippen LogP contribution < -0.4 is 14.8 Å². The predicted octanol–water partition coefficient (Wildman–Crippen LogP) is 3.40. The Bertz CT molecular complexity index is 417. The van der Waals surface area contributed by atoms with Gasteiger partial charge in [0.1, 0.15) is 0 Å². The molecule has 1 N–H and O–H groups in total. The van der Waals surface area contributed by atoms with Gasteiger partial charge in [-0.3, -0.25) is 0 Å². The largest absolute Gasteiger partial charge is 0.492 e. The minimum absolute atomic E-state index is 0.650. The van der Waals surface area contributed by atoms with Crippen LogP contribution >= 0.6 is 15.9 Å². The van der Waals surface area contributed by atoms with Gasteiger partial charge in [0.2, 0.25) is 0 Å². The quantitative estimate of drug-likeness (QED) is 0.899. The van der Waals surface area contributed by atoms with Crippen LogP contribution in [0.2, 0.25) is 0 Å². The normalized spacial score (nSPS) is 19.2. The minimum atomic E-state index is 0.650. The van der Waals surface area contributed by atoms with E-state index < -0.39 is 0 Å². The number of halogens is 1. The fourth-order valence-corrected chi connectivity index (χ4v) is 3.28. The molecule has 106 valence electrons. The van der Waals surface area contributed by atoms with Crippen LogP contribution in [0.1, 0.15) is 25.3 Å². The molecule has 4 heteroatoms. The highest BCUT2D eigenvalue weighted by atomic mass is 79.9. The number of nitrogens with one attached hydrogen (secondary N) is 1. The van der Waals surface area contributed by atoms with Gasteiger partial charge >= 0.3 is 0 Å². The molecule has 0 saturated carbocycles. The van der Waals surface area contributed by atoms with Gasteiger partial charge in [-0.25, -0.2) is 0 Å². The molecule has 1 aliphatic heterocycles. The van der Waals surface area contributed by atoms with Crippen LogP contribution in [0, 0.1) is 5.92 Å². The van der Waals surface area contributed by atoms with E-state index in [1.54, 1.807) is 7.11 Å². The predicted molar refractivity (Wildman–Crippen MR) is 81.2 cm³/mol. The van der Waals surface area contributed by atoms with E-state index in [1.807, 2.05) is 6.92 Å². The maximum Gasteiger partial charge on any atom is 0.174 e. The van der Waals surface area contributed by atoms with Gasteiger partial charge < -0.3 is 14.8 Å². The molecule has 1 aromatic rings. The van der Waals surface area contributed by atoms with Crippen LogP contribution in [-0.2, 0) is 6.42 Å². The average Bonchev–Trinajstić information content (AvgIpc) is 2.40.